The van der Waals surface area contributed by atoms with Crippen molar-refractivity contribution in [3.63, 3.8) is 0 Å². The quantitative estimate of drug-likeness (QED) is 0.612. The van der Waals surface area contributed by atoms with Crippen LogP contribution >= 0.6 is 11.3 Å². The predicted octanol–water partition coefficient (Wildman–Crippen LogP) is 2.59. The molecule has 26 heavy (non-hydrogen) atoms. The van der Waals surface area contributed by atoms with E-state index in [1.165, 1.54) is 11.3 Å². The molecule has 0 aliphatic heterocycles. The van der Waals surface area contributed by atoms with Crippen LogP contribution in [0.4, 0.5) is 0 Å². The zero-order valence-electron chi connectivity index (χ0n) is 13.9. The number of hydrogen-bond donors (Lipinski definition) is 1. The standard InChI is InChI=1S/C18H17N3O4S/c22-15(19-10-17(23)24-11-13-4-2-1-3-5-13)6-7-16-20-21-18(25-16)14-8-9-26-12-14/h1-5,8-9,12H,6-7,10-11H2,(H,19,22). The number of aromatic nitrogens is 2. The van der Waals surface area contributed by atoms with Gasteiger partial charge in [0.1, 0.15) is 13.2 Å². The number of amides is 1. The average Bonchev–Trinajstić information content (AvgIpc) is 3.35. The summed E-state index contributed by atoms with van der Waals surface area (Å²) >= 11 is 1.54. The molecule has 0 saturated carbocycles. The average molecular weight is 371 g/mol. The molecular formula is C18H17N3O4S. The molecule has 2 aromatic heterocycles. The van der Waals surface area contributed by atoms with Crippen molar-refractivity contribution in [1.29, 1.82) is 0 Å². The van der Waals surface area contributed by atoms with Gasteiger partial charge in [-0.15, -0.1) is 10.2 Å². The van der Waals surface area contributed by atoms with Crippen LogP contribution in [0, 0.1) is 0 Å². The molecule has 0 bridgehead atoms. The SMILES string of the molecule is O=C(CCc1nnc(-c2ccsc2)o1)NCC(=O)OCc1ccccc1. The smallest absolute Gasteiger partial charge is 0.325 e. The molecule has 1 aromatic carbocycles. The van der Waals surface area contributed by atoms with E-state index in [4.69, 9.17) is 9.15 Å². The molecular weight excluding hydrogens is 354 g/mol. The lowest BCUT2D eigenvalue weighted by Crippen LogP contribution is -2.30. The van der Waals surface area contributed by atoms with Gasteiger partial charge in [0.15, 0.2) is 0 Å². The lowest BCUT2D eigenvalue weighted by molar-refractivity contribution is -0.145. The molecule has 8 heteroatoms. The normalized spacial score (nSPS) is 10.5. The third-order valence-electron chi connectivity index (χ3n) is 3.47. The molecule has 3 rings (SSSR count). The van der Waals surface area contributed by atoms with Crippen LogP contribution in [-0.4, -0.2) is 28.6 Å². The maximum atomic E-state index is 11.8. The van der Waals surface area contributed by atoms with Crippen molar-refractivity contribution < 1.29 is 18.7 Å². The fourth-order valence-electron chi connectivity index (χ4n) is 2.13. The predicted molar refractivity (Wildman–Crippen MR) is 95.2 cm³/mol. The van der Waals surface area contributed by atoms with Gasteiger partial charge in [-0.05, 0) is 17.0 Å². The van der Waals surface area contributed by atoms with Gasteiger partial charge in [0.05, 0.1) is 0 Å². The second kappa shape index (κ2) is 8.91. The monoisotopic (exact) mass is 371 g/mol. The van der Waals surface area contributed by atoms with Crippen molar-refractivity contribution in [2.24, 2.45) is 0 Å². The van der Waals surface area contributed by atoms with Crippen molar-refractivity contribution in [2.45, 2.75) is 19.4 Å². The van der Waals surface area contributed by atoms with Gasteiger partial charge in [0, 0.05) is 23.8 Å². The largest absolute Gasteiger partial charge is 0.460 e. The highest BCUT2D eigenvalue weighted by atomic mass is 32.1. The van der Waals surface area contributed by atoms with E-state index in [0.29, 0.717) is 18.2 Å². The van der Waals surface area contributed by atoms with Gasteiger partial charge in [0.2, 0.25) is 17.7 Å². The molecule has 0 aliphatic rings. The summed E-state index contributed by atoms with van der Waals surface area (Å²) < 4.78 is 10.6. The Morgan fingerprint density at radius 2 is 2.00 bits per heavy atom. The number of nitrogens with zero attached hydrogens (tertiary/aromatic N) is 2. The fourth-order valence-corrected chi connectivity index (χ4v) is 2.76. The molecule has 0 unspecified atom stereocenters. The summed E-state index contributed by atoms with van der Waals surface area (Å²) in [7, 11) is 0. The highest BCUT2D eigenvalue weighted by Gasteiger charge is 2.12. The van der Waals surface area contributed by atoms with Crippen molar-refractivity contribution in [1.82, 2.24) is 15.5 Å². The van der Waals surface area contributed by atoms with Crippen molar-refractivity contribution in [3.05, 3.63) is 58.6 Å². The summed E-state index contributed by atoms with van der Waals surface area (Å²) in [6.07, 6.45) is 0.458. The summed E-state index contributed by atoms with van der Waals surface area (Å²) in [4.78, 5) is 23.5. The van der Waals surface area contributed by atoms with Gasteiger partial charge in [-0.25, -0.2) is 0 Å². The van der Waals surface area contributed by atoms with E-state index in [0.717, 1.165) is 11.1 Å². The van der Waals surface area contributed by atoms with Crippen LogP contribution in [0.1, 0.15) is 17.9 Å². The Kier molecular flexibility index (Phi) is 6.10. The molecule has 7 nitrogen and oxygen atoms in total. The third kappa shape index (κ3) is 5.25. The Balaban J connectivity index is 1.36. The zero-order chi connectivity index (χ0) is 18.2. The summed E-state index contributed by atoms with van der Waals surface area (Å²) in [6.45, 7) is 0.0124. The van der Waals surface area contributed by atoms with Gasteiger partial charge >= 0.3 is 5.97 Å². The number of rotatable bonds is 8. The molecule has 1 amide bonds. The molecule has 0 atom stereocenters. The summed E-state index contributed by atoms with van der Waals surface area (Å²) in [6, 6.07) is 11.2. The molecule has 134 valence electrons. The first-order chi connectivity index (χ1) is 12.7. The van der Waals surface area contributed by atoms with Gasteiger partial charge in [0.25, 0.3) is 0 Å². The Hall–Kier alpha value is -3.00. The van der Waals surface area contributed by atoms with E-state index >= 15 is 0 Å². The number of carbonyl (C=O) groups excluding carboxylic acids is 2. The molecule has 2 heterocycles. The molecule has 1 N–H and O–H groups in total. The van der Waals surface area contributed by atoms with Gasteiger partial charge in [-0.3, -0.25) is 9.59 Å². The fraction of sp³-hybridized carbons (Fsp3) is 0.222. The number of esters is 1. The first kappa shape index (κ1) is 17.8. The van der Waals surface area contributed by atoms with E-state index in [9.17, 15) is 9.59 Å². The number of thiophene rings is 1. The molecule has 0 spiro atoms. The van der Waals surface area contributed by atoms with E-state index in [-0.39, 0.29) is 25.5 Å². The summed E-state index contributed by atoms with van der Waals surface area (Å²) in [5.41, 5.74) is 1.75. The maximum Gasteiger partial charge on any atom is 0.325 e. The molecule has 0 saturated heterocycles. The molecule has 0 radical (unpaired) electrons. The maximum absolute atomic E-state index is 11.8. The number of nitrogens with one attached hydrogen (secondary N) is 1. The highest BCUT2D eigenvalue weighted by Crippen LogP contribution is 2.20. The van der Waals surface area contributed by atoms with E-state index in [1.807, 2.05) is 47.2 Å². The lowest BCUT2D eigenvalue weighted by Gasteiger charge is -2.06. The Morgan fingerprint density at radius 1 is 1.15 bits per heavy atom. The Bertz CT molecular complexity index is 846. The topological polar surface area (TPSA) is 94.3 Å². The minimum atomic E-state index is -0.486. The minimum Gasteiger partial charge on any atom is -0.460 e. The second-order valence-electron chi connectivity index (χ2n) is 5.44. The van der Waals surface area contributed by atoms with Crippen molar-refractivity contribution >= 4 is 23.2 Å². The van der Waals surface area contributed by atoms with Crippen LogP contribution in [0.15, 0.2) is 51.6 Å². The van der Waals surface area contributed by atoms with Crippen LogP contribution in [0.5, 0.6) is 0 Å². The number of aryl methyl sites for hydroxylation is 1. The first-order valence-electron chi connectivity index (χ1n) is 8.02. The van der Waals surface area contributed by atoms with Crippen molar-refractivity contribution in [2.75, 3.05) is 6.54 Å². The van der Waals surface area contributed by atoms with Crippen LogP contribution in [0.25, 0.3) is 11.5 Å². The molecule has 0 aliphatic carbocycles. The summed E-state index contributed by atoms with van der Waals surface area (Å²) in [5, 5.41) is 14.2. The van der Waals surface area contributed by atoms with Crippen LogP contribution in [0.3, 0.4) is 0 Å². The Labute approximate surface area is 154 Å². The lowest BCUT2D eigenvalue weighted by atomic mass is 10.2. The molecule has 0 fully saturated rings. The van der Waals surface area contributed by atoms with E-state index in [1.54, 1.807) is 0 Å². The first-order valence-corrected chi connectivity index (χ1v) is 8.96. The highest BCUT2D eigenvalue weighted by molar-refractivity contribution is 7.08. The molecule has 3 aromatic rings. The van der Waals surface area contributed by atoms with Crippen molar-refractivity contribution in [3.8, 4) is 11.5 Å². The number of carbonyl (C=O) groups is 2. The number of ether oxygens (including phenoxy) is 1. The number of hydrogen-bond acceptors (Lipinski definition) is 7. The van der Waals surface area contributed by atoms with Gasteiger partial charge < -0.3 is 14.5 Å². The minimum absolute atomic E-state index is 0.150. The van der Waals surface area contributed by atoms with Crippen LogP contribution < -0.4 is 5.32 Å². The third-order valence-corrected chi connectivity index (χ3v) is 4.16. The zero-order valence-corrected chi connectivity index (χ0v) is 14.7. The van der Waals surface area contributed by atoms with Crippen LogP contribution in [-0.2, 0) is 27.4 Å². The number of benzene rings is 1. The Morgan fingerprint density at radius 3 is 2.77 bits per heavy atom. The van der Waals surface area contributed by atoms with E-state index in [2.05, 4.69) is 15.5 Å². The summed E-state index contributed by atoms with van der Waals surface area (Å²) in [5.74, 6) is 0.0517. The van der Waals surface area contributed by atoms with E-state index < -0.39 is 5.97 Å². The van der Waals surface area contributed by atoms with Gasteiger partial charge in [-0.1, -0.05) is 30.3 Å². The van der Waals surface area contributed by atoms with Gasteiger partial charge in [-0.2, -0.15) is 11.3 Å². The second-order valence-corrected chi connectivity index (χ2v) is 6.22. The van der Waals surface area contributed by atoms with Crippen LogP contribution in [0.2, 0.25) is 0 Å².